The van der Waals surface area contributed by atoms with Gasteiger partial charge in [-0.05, 0) is 25.0 Å². The summed E-state index contributed by atoms with van der Waals surface area (Å²) < 4.78 is 27.1. The zero-order valence-corrected chi connectivity index (χ0v) is 13.6. The Morgan fingerprint density at radius 1 is 1.16 bits per heavy atom. The van der Waals surface area contributed by atoms with Gasteiger partial charge in [-0.25, -0.2) is 13.6 Å². The van der Waals surface area contributed by atoms with E-state index in [-0.39, 0.29) is 18.9 Å². The maximum absolute atomic E-state index is 13.5. The Morgan fingerprint density at radius 2 is 1.80 bits per heavy atom. The lowest BCUT2D eigenvalue weighted by Crippen LogP contribution is -2.48. The minimum atomic E-state index is -0.885. The molecule has 25 heavy (non-hydrogen) atoms. The molecule has 1 aliphatic carbocycles. The van der Waals surface area contributed by atoms with Crippen LogP contribution >= 0.6 is 0 Å². The minimum Gasteiger partial charge on any atom is -0.323 e. The molecule has 0 unspecified atom stereocenters. The number of halogens is 2. The fourth-order valence-corrected chi connectivity index (χ4v) is 3.41. The van der Waals surface area contributed by atoms with Crippen LogP contribution in [0.3, 0.4) is 0 Å². The molecule has 8 heteroatoms. The number of imide groups is 1. The van der Waals surface area contributed by atoms with Crippen molar-refractivity contribution >= 4 is 23.5 Å². The lowest BCUT2D eigenvalue weighted by atomic mass is 9.82. The molecule has 1 aliphatic heterocycles. The average molecular weight is 351 g/mol. The minimum absolute atomic E-state index is 0.131. The van der Waals surface area contributed by atoms with E-state index in [2.05, 4.69) is 10.6 Å². The van der Waals surface area contributed by atoms with Crippen molar-refractivity contribution in [2.45, 2.75) is 44.1 Å². The SMILES string of the molecule is O=C(CCN1C(=O)NC2(CCCCC2)C1=O)Nc1c(F)cccc1F. The Labute approximate surface area is 143 Å². The van der Waals surface area contributed by atoms with Gasteiger partial charge in [0.15, 0.2) is 0 Å². The Bertz CT molecular complexity index is 697. The third-order valence-electron chi connectivity index (χ3n) is 4.74. The van der Waals surface area contributed by atoms with Crippen LogP contribution in [0.1, 0.15) is 38.5 Å². The van der Waals surface area contributed by atoms with Gasteiger partial charge in [0.05, 0.1) is 0 Å². The lowest BCUT2D eigenvalue weighted by molar-refractivity contribution is -0.132. The smallest absolute Gasteiger partial charge is 0.323 e. The Morgan fingerprint density at radius 3 is 2.44 bits per heavy atom. The van der Waals surface area contributed by atoms with Gasteiger partial charge in [0, 0.05) is 13.0 Å². The molecule has 1 aromatic carbocycles. The van der Waals surface area contributed by atoms with Gasteiger partial charge < -0.3 is 10.6 Å². The Hall–Kier alpha value is -2.51. The molecule has 1 saturated carbocycles. The summed E-state index contributed by atoms with van der Waals surface area (Å²) in [6.07, 6.45) is 3.73. The first-order chi connectivity index (χ1) is 11.9. The maximum Gasteiger partial charge on any atom is 0.325 e. The number of amides is 4. The van der Waals surface area contributed by atoms with Crippen LogP contribution < -0.4 is 10.6 Å². The summed E-state index contributed by atoms with van der Waals surface area (Å²) in [6.45, 7) is -0.131. The van der Waals surface area contributed by atoms with Crippen molar-refractivity contribution in [3.8, 4) is 0 Å². The van der Waals surface area contributed by atoms with Crippen LogP contribution in [0.4, 0.5) is 19.3 Å². The van der Waals surface area contributed by atoms with E-state index in [1.165, 1.54) is 6.07 Å². The van der Waals surface area contributed by atoms with E-state index in [1.807, 2.05) is 0 Å². The number of carbonyl (C=O) groups is 3. The Kier molecular flexibility index (Phi) is 4.69. The van der Waals surface area contributed by atoms with Crippen molar-refractivity contribution in [1.29, 1.82) is 0 Å². The van der Waals surface area contributed by atoms with Crippen LogP contribution in [0, 0.1) is 11.6 Å². The quantitative estimate of drug-likeness (QED) is 0.819. The van der Waals surface area contributed by atoms with Gasteiger partial charge in [0.2, 0.25) is 5.91 Å². The number of nitrogens with zero attached hydrogens (tertiary/aromatic N) is 1. The molecule has 0 atom stereocenters. The van der Waals surface area contributed by atoms with E-state index in [1.54, 1.807) is 0 Å². The average Bonchev–Trinajstić information content (AvgIpc) is 2.80. The molecule has 3 rings (SSSR count). The van der Waals surface area contributed by atoms with E-state index in [0.717, 1.165) is 36.3 Å². The molecule has 0 radical (unpaired) electrons. The Balaban J connectivity index is 1.60. The van der Waals surface area contributed by atoms with Gasteiger partial charge in [-0.3, -0.25) is 14.5 Å². The summed E-state index contributed by atoms with van der Waals surface area (Å²) in [5.74, 6) is -2.76. The van der Waals surface area contributed by atoms with E-state index >= 15 is 0 Å². The van der Waals surface area contributed by atoms with Crippen molar-refractivity contribution < 1.29 is 23.2 Å². The second-order valence-corrected chi connectivity index (χ2v) is 6.42. The zero-order chi connectivity index (χ0) is 18.0. The molecular weight excluding hydrogens is 332 g/mol. The highest BCUT2D eigenvalue weighted by Crippen LogP contribution is 2.33. The van der Waals surface area contributed by atoms with E-state index in [0.29, 0.717) is 12.8 Å². The van der Waals surface area contributed by atoms with Crippen LogP contribution in [0.5, 0.6) is 0 Å². The van der Waals surface area contributed by atoms with Crippen molar-refractivity contribution in [1.82, 2.24) is 10.2 Å². The summed E-state index contributed by atoms with van der Waals surface area (Å²) in [6, 6.07) is 2.74. The molecule has 2 N–H and O–H groups in total. The fraction of sp³-hybridized carbons (Fsp3) is 0.471. The lowest BCUT2D eigenvalue weighted by Gasteiger charge is -2.30. The van der Waals surface area contributed by atoms with E-state index < -0.39 is 34.8 Å². The highest BCUT2D eigenvalue weighted by Gasteiger charge is 2.51. The largest absolute Gasteiger partial charge is 0.325 e. The van der Waals surface area contributed by atoms with Crippen LogP contribution in [0.2, 0.25) is 0 Å². The first-order valence-electron chi connectivity index (χ1n) is 8.31. The number of nitrogens with one attached hydrogen (secondary N) is 2. The fourth-order valence-electron chi connectivity index (χ4n) is 3.41. The summed E-state index contributed by atoms with van der Waals surface area (Å²) in [5, 5.41) is 4.89. The number of carbonyl (C=O) groups excluding carboxylic acids is 3. The van der Waals surface area contributed by atoms with Gasteiger partial charge in [0.25, 0.3) is 5.91 Å². The molecule has 0 aromatic heterocycles. The number of para-hydroxylation sites is 1. The van der Waals surface area contributed by atoms with Crippen molar-refractivity contribution in [3.63, 3.8) is 0 Å². The number of anilines is 1. The number of hydrogen-bond donors (Lipinski definition) is 2. The number of urea groups is 1. The third-order valence-corrected chi connectivity index (χ3v) is 4.74. The summed E-state index contributed by atoms with van der Waals surface area (Å²) >= 11 is 0. The molecule has 1 saturated heterocycles. The highest BCUT2D eigenvalue weighted by atomic mass is 19.1. The molecule has 1 aromatic rings. The molecule has 0 bridgehead atoms. The van der Waals surface area contributed by atoms with Crippen molar-refractivity contribution in [2.75, 3.05) is 11.9 Å². The first kappa shape index (κ1) is 17.3. The standard InChI is InChI=1S/C17H19F2N3O3/c18-11-5-4-6-12(19)14(11)20-13(23)7-10-22-15(24)17(21-16(22)25)8-2-1-3-9-17/h4-6H,1-3,7-10H2,(H,20,23)(H,21,25). The van der Waals surface area contributed by atoms with Crippen molar-refractivity contribution in [2.24, 2.45) is 0 Å². The normalized spacial score (nSPS) is 19.2. The summed E-state index contributed by atoms with van der Waals surface area (Å²) in [7, 11) is 0. The maximum atomic E-state index is 13.5. The van der Waals surface area contributed by atoms with Crippen LogP contribution in [0.25, 0.3) is 0 Å². The predicted molar refractivity (Wildman–Crippen MR) is 85.7 cm³/mol. The highest BCUT2D eigenvalue weighted by molar-refractivity contribution is 6.07. The predicted octanol–water partition coefficient (Wildman–Crippen LogP) is 2.55. The van der Waals surface area contributed by atoms with E-state index in [9.17, 15) is 23.2 Å². The number of benzene rings is 1. The summed E-state index contributed by atoms with van der Waals surface area (Å²) in [5.41, 5.74) is -1.38. The topological polar surface area (TPSA) is 78.5 Å². The molecule has 2 fully saturated rings. The molecule has 134 valence electrons. The van der Waals surface area contributed by atoms with Gasteiger partial charge >= 0.3 is 6.03 Å². The van der Waals surface area contributed by atoms with Gasteiger partial charge in [-0.15, -0.1) is 0 Å². The van der Waals surface area contributed by atoms with Crippen molar-refractivity contribution in [3.05, 3.63) is 29.8 Å². The van der Waals surface area contributed by atoms with Gasteiger partial charge in [0.1, 0.15) is 22.9 Å². The zero-order valence-electron chi connectivity index (χ0n) is 13.6. The molecular formula is C17H19F2N3O3. The summed E-state index contributed by atoms with van der Waals surface area (Å²) in [4.78, 5) is 37.6. The first-order valence-corrected chi connectivity index (χ1v) is 8.31. The second kappa shape index (κ2) is 6.78. The van der Waals surface area contributed by atoms with Crippen LogP contribution in [0.15, 0.2) is 18.2 Å². The third kappa shape index (κ3) is 3.33. The van der Waals surface area contributed by atoms with Crippen LogP contribution in [-0.2, 0) is 9.59 Å². The molecule has 1 heterocycles. The molecule has 2 aliphatic rings. The number of hydrogen-bond acceptors (Lipinski definition) is 3. The molecule has 4 amide bonds. The molecule has 6 nitrogen and oxygen atoms in total. The number of rotatable bonds is 4. The van der Waals surface area contributed by atoms with E-state index in [4.69, 9.17) is 0 Å². The van der Waals surface area contributed by atoms with Gasteiger partial charge in [-0.2, -0.15) is 0 Å². The van der Waals surface area contributed by atoms with Crippen LogP contribution in [-0.4, -0.2) is 34.8 Å². The monoisotopic (exact) mass is 351 g/mol. The molecule has 1 spiro atoms. The van der Waals surface area contributed by atoms with Gasteiger partial charge in [-0.1, -0.05) is 25.3 Å². The second-order valence-electron chi connectivity index (χ2n) is 6.42.